The van der Waals surface area contributed by atoms with Crippen LogP contribution in [-0.4, -0.2) is 46.9 Å². The van der Waals surface area contributed by atoms with Crippen LogP contribution in [0.15, 0.2) is 60.7 Å². The van der Waals surface area contributed by atoms with E-state index in [-0.39, 0.29) is 18.7 Å². The molecule has 156 valence electrons. The van der Waals surface area contributed by atoms with Crippen molar-refractivity contribution in [3.63, 3.8) is 0 Å². The molecule has 0 unspecified atom stereocenters. The molecule has 0 aromatic heterocycles. The maximum absolute atomic E-state index is 12.4. The molecular formula is C22H23N3O5. The standard InChI is InChI=1S/C22H23N3O5/c26-19(23-18(22(29)30)12-15-9-5-2-6-10-15)13-17-21(28)24-16(20(27)25-17)11-14-7-3-1-4-8-14/h1-10,16-18H,11-13H2,(H,23,26)(H,24,28)(H,25,27)(H,29,30)/t16-,17-,18+/m0/s1. The Hall–Kier alpha value is -3.68. The molecule has 8 nitrogen and oxygen atoms in total. The Morgan fingerprint density at radius 2 is 1.40 bits per heavy atom. The molecule has 8 heteroatoms. The Balaban J connectivity index is 1.55. The summed E-state index contributed by atoms with van der Waals surface area (Å²) in [4.78, 5) is 48.6. The van der Waals surface area contributed by atoms with Gasteiger partial charge in [0.05, 0.1) is 6.42 Å². The van der Waals surface area contributed by atoms with E-state index < -0.39 is 35.9 Å². The SMILES string of the molecule is O=C(C[C@@H]1NC(=O)[C@H](Cc2ccccc2)NC1=O)N[C@H](Cc1ccccc1)C(=O)O. The Bertz CT molecular complexity index is 917. The number of rotatable bonds is 8. The number of carboxylic acids is 1. The van der Waals surface area contributed by atoms with Crippen LogP contribution in [-0.2, 0) is 32.0 Å². The van der Waals surface area contributed by atoms with Crippen molar-refractivity contribution in [1.82, 2.24) is 16.0 Å². The Kier molecular flexibility index (Phi) is 6.79. The predicted molar refractivity (Wildman–Crippen MR) is 108 cm³/mol. The topological polar surface area (TPSA) is 125 Å². The van der Waals surface area contributed by atoms with E-state index in [1.807, 2.05) is 36.4 Å². The average Bonchev–Trinajstić information content (AvgIpc) is 2.72. The maximum Gasteiger partial charge on any atom is 0.326 e. The minimum Gasteiger partial charge on any atom is -0.480 e. The van der Waals surface area contributed by atoms with Crippen molar-refractivity contribution in [3.8, 4) is 0 Å². The first-order chi connectivity index (χ1) is 14.4. The highest BCUT2D eigenvalue weighted by molar-refractivity contribution is 5.99. The van der Waals surface area contributed by atoms with Crippen LogP contribution in [0.5, 0.6) is 0 Å². The first kappa shape index (κ1) is 21.0. The van der Waals surface area contributed by atoms with Crippen molar-refractivity contribution in [1.29, 1.82) is 0 Å². The van der Waals surface area contributed by atoms with Crippen molar-refractivity contribution < 1.29 is 24.3 Å². The molecule has 0 radical (unpaired) electrons. The molecule has 0 aliphatic carbocycles. The van der Waals surface area contributed by atoms with Crippen LogP contribution >= 0.6 is 0 Å². The fourth-order valence-corrected chi connectivity index (χ4v) is 3.30. The third kappa shape index (κ3) is 5.66. The number of benzene rings is 2. The Morgan fingerprint density at radius 3 is 2.00 bits per heavy atom. The van der Waals surface area contributed by atoms with Crippen LogP contribution < -0.4 is 16.0 Å². The normalized spacial score (nSPS) is 19.3. The van der Waals surface area contributed by atoms with Crippen LogP contribution in [0.1, 0.15) is 17.5 Å². The highest BCUT2D eigenvalue weighted by Crippen LogP contribution is 2.09. The number of piperazine rings is 1. The summed E-state index contributed by atoms with van der Waals surface area (Å²) in [5.74, 6) is -2.65. The zero-order chi connectivity index (χ0) is 21.5. The maximum atomic E-state index is 12.4. The lowest BCUT2D eigenvalue weighted by molar-refractivity contribution is -0.142. The van der Waals surface area contributed by atoms with Gasteiger partial charge in [0.2, 0.25) is 17.7 Å². The van der Waals surface area contributed by atoms with E-state index in [4.69, 9.17) is 0 Å². The number of aliphatic carboxylic acids is 1. The number of nitrogens with one attached hydrogen (secondary N) is 3. The van der Waals surface area contributed by atoms with E-state index >= 15 is 0 Å². The Labute approximate surface area is 173 Å². The summed E-state index contributed by atoms with van der Waals surface area (Å²) >= 11 is 0. The van der Waals surface area contributed by atoms with Gasteiger partial charge >= 0.3 is 5.97 Å². The van der Waals surface area contributed by atoms with E-state index in [1.54, 1.807) is 24.3 Å². The minimum atomic E-state index is -1.17. The number of amides is 3. The zero-order valence-electron chi connectivity index (χ0n) is 16.2. The molecule has 2 aromatic rings. The average molecular weight is 409 g/mol. The lowest BCUT2D eigenvalue weighted by atomic mass is 10.0. The molecule has 3 amide bonds. The molecule has 1 aliphatic heterocycles. The second-order valence-corrected chi connectivity index (χ2v) is 7.16. The first-order valence-electron chi connectivity index (χ1n) is 9.63. The first-order valence-corrected chi connectivity index (χ1v) is 9.63. The van der Waals surface area contributed by atoms with Crippen LogP contribution in [0.2, 0.25) is 0 Å². The van der Waals surface area contributed by atoms with Crippen LogP contribution in [0, 0.1) is 0 Å². The molecule has 1 saturated heterocycles. The number of hydrogen-bond acceptors (Lipinski definition) is 4. The lowest BCUT2D eigenvalue weighted by Crippen LogP contribution is -2.63. The van der Waals surface area contributed by atoms with Crippen molar-refractivity contribution in [2.75, 3.05) is 0 Å². The van der Waals surface area contributed by atoms with Gasteiger partial charge in [-0.15, -0.1) is 0 Å². The lowest BCUT2D eigenvalue weighted by Gasteiger charge is -2.29. The number of carbonyl (C=O) groups is 4. The van der Waals surface area contributed by atoms with Gasteiger partial charge in [0.25, 0.3) is 0 Å². The molecule has 1 aliphatic rings. The highest BCUT2D eigenvalue weighted by atomic mass is 16.4. The monoisotopic (exact) mass is 409 g/mol. The zero-order valence-corrected chi connectivity index (χ0v) is 16.2. The third-order valence-electron chi connectivity index (χ3n) is 4.85. The fraction of sp³-hybridized carbons (Fsp3) is 0.273. The highest BCUT2D eigenvalue weighted by Gasteiger charge is 2.35. The summed E-state index contributed by atoms with van der Waals surface area (Å²) in [6.07, 6.45) is 0.119. The van der Waals surface area contributed by atoms with Crippen molar-refractivity contribution in [2.24, 2.45) is 0 Å². The third-order valence-corrected chi connectivity index (χ3v) is 4.85. The van der Waals surface area contributed by atoms with Gasteiger partial charge in [0.1, 0.15) is 18.1 Å². The molecule has 4 N–H and O–H groups in total. The van der Waals surface area contributed by atoms with Gasteiger partial charge < -0.3 is 21.1 Å². The Morgan fingerprint density at radius 1 is 0.867 bits per heavy atom. The molecular weight excluding hydrogens is 386 g/mol. The van der Waals surface area contributed by atoms with E-state index in [2.05, 4.69) is 16.0 Å². The molecule has 0 spiro atoms. The summed E-state index contributed by atoms with van der Waals surface area (Å²) in [5, 5.41) is 17.0. The summed E-state index contributed by atoms with van der Waals surface area (Å²) in [6.45, 7) is 0. The van der Waals surface area contributed by atoms with Crippen molar-refractivity contribution in [3.05, 3.63) is 71.8 Å². The minimum absolute atomic E-state index is 0.115. The molecule has 1 heterocycles. The van der Waals surface area contributed by atoms with Gasteiger partial charge in [-0.1, -0.05) is 60.7 Å². The number of carbonyl (C=O) groups excluding carboxylic acids is 3. The van der Waals surface area contributed by atoms with Crippen LogP contribution in [0.4, 0.5) is 0 Å². The number of carboxylic acid groups (broad SMARTS) is 1. The van der Waals surface area contributed by atoms with Gasteiger partial charge in [-0.3, -0.25) is 14.4 Å². The molecule has 3 rings (SSSR count). The smallest absolute Gasteiger partial charge is 0.326 e. The molecule has 3 atom stereocenters. The molecule has 30 heavy (non-hydrogen) atoms. The second kappa shape index (κ2) is 9.69. The van der Waals surface area contributed by atoms with Crippen LogP contribution in [0.25, 0.3) is 0 Å². The van der Waals surface area contributed by atoms with Gasteiger partial charge in [-0.05, 0) is 11.1 Å². The van der Waals surface area contributed by atoms with E-state index in [0.29, 0.717) is 6.42 Å². The van der Waals surface area contributed by atoms with Gasteiger partial charge in [-0.25, -0.2) is 4.79 Å². The molecule has 1 fully saturated rings. The van der Waals surface area contributed by atoms with E-state index in [1.165, 1.54) is 0 Å². The van der Waals surface area contributed by atoms with Crippen molar-refractivity contribution >= 4 is 23.7 Å². The summed E-state index contributed by atoms with van der Waals surface area (Å²) in [5.41, 5.74) is 1.66. The fourth-order valence-electron chi connectivity index (χ4n) is 3.30. The van der Waals surface area contributed by atoms with Gasteiger partial charge in [-0.2, -0.15) is 0 Å². The van der Waals surface area contributed by atoms with Crippen LogP contribution in [0.3, 0.4) is 0 Å². The summed E-state index contributed by atoms with van der Waals surface area (Å²) in [6, 6.07) is 15.3. The second-order valence-electron chi connectivity index (χ2n) is 7.16. The van der Waals surface area contributed by atoms with E-state index in [9.17, 15) is 24.3 Å². The quantitative estimate of drug-likeness (QED) is 0.503. The summed E-state index contributed by atoms with van der Waals surface area (Å²) in [7, 11) is 0. The predicted octanol–water partition coefficient (Wildman–Crippen LogP) is 0.415. The number of hydrogen-bond donors (Lipinski definition) is 4. The van der Waals surface area contributed by atoms with Gasteiger partial charge in [0.15, 0.2) is 0 Å². The van der Waals surface area contributed by atoms with E-state index in [0.717, 1.165) is 11.1 Å². The largest absolute Gasteiger partial charge is 0.480 e. The molecule has 0 saturated carbocycles. The molecule has 0 bridgehead atoms. The van der Waals surface area contributed by atoms with Gasteiger partial charge in [0, 0.05) is 12.8 Å². The molecule has 2 aromatic carbocycles. The summed E-state index contributed by atoms with van der Waals surface area (Å²) < 4.78 is 0. The van der Waals surface area contributed by atoms with Crippen molar-refractivity contribution in [2.45, 2.75) is 37.4 Å².